The first-order valence-corrected chi connectivity index (χ1v) is 8.14. The van der Waals surface area contributed by atoms with Crippen molar-refractivity contribution in [3.63, 3.8) is 0 Å². The Morgan fingerprint density at radius 2 is 1.80 bits per heavy atom. The molecule has 3 nitrogen and oxygen atoms in total. The van der Waals surface area contributed by atoms with Crippen molar-refractivity contribution in [2.24, 2.45) is 0 Å². The van der Waals surface area contributed by atoms with Gasteiger partial charge in [0.25, 0.3) is 0 Å². The molecule has 0 amide bonds. The first-order chi connectivity index (χ1) is 12.0. The SMILES string of the molecule is O=Cc1c(-c2ccc3c(c2)CCCC3)nc2ccc(C(F)(F)F)cn12. The summed E-state index contributed by atoms with van der Waals surface area (Å²) in [5, 5.41) is 0. The van der Waals surface area contributed by atoms with Gasteiger partial charge < -0.3 is 0 Å². The Bertz CT molecular complexity index is 973. The molecule has 25 heavy (non-hydrogen) atoms. The Labute approximate surface area is 142 Å². The number of carbonyl (C=O) groups is 1. The topological polar surface area (TPSA) is 34.4 Å². The first-order valence-electron chi connectivity index (χ1n) is 8.14. The third kappa shape index (κ3) is 2.71. The Morgan fingerprint density at radius 1 is 1.04 bits per heavy atom. The van der Waals surface area contributed by atoms with Crippen molar-refractivity contribution in [1.29, 1.82) is 0 Å². The molecule has 128 valence electrons. The molecule has 0 N–H and O–H groups in total. The third-order valence-corrected chi connectivity index (χ3v) is 4.72. The summed E-state index contributed by atoms with van der Waals surface area (Å²) in [6.45, 7) is 0. The van der Waals surface area contributed by atoms with Crippen molar-refractivity contribution in [2.45, 2.75) is 31.9 Å². The van der Waals surface area contributed by atoms with Gasteiger partial charge in [0.05, 0.1) is 5.56 Å². The second-order valence-corrected chi connectivity index (χ2v) is 6.30. The van der Waals surface area contributed by atoms with E-state index in [9.17, 15) is 18.0 Å². The number of aryl methyl sites for hydroxylation is 2. The minimum Gasteiger partial charge on any atom is -0.296 e. The molecule has 2 heterocycles. The van der Waals surface area contributed by atoms with Gasteiger partial charge in [0.15, 0.2) is 6.29 Å². The van der Waals surface area contributed by atoms with Crippen LogP contribution < -0.4 is 0 Å². The van der Waals surface area contributed by atoms with Crippen molar-refractivity contribution in [2.75, 3.05) is 0 Å². The van der Waals surface area contributed by atoms with Crippen LogP contribution in [0.5, 0.6) is 0 Å². The van der Waals surface area contributed by atoms with Gasteiger partial charge in [0, 0.05) is 11.8 Å². The number of hydrogen-bond donors (Lipinski definition) is 0. The van der Waals surface area contributed by atoms with E-state index in [0.29, 0.717) is 17.6 Å². The molecule has 3 aromatic rings. The van der Waals surface area contributed by atoms with Crippen LogP contribution in [0.4, 0.5) is 13.2 Å². The van der Waals surface area contributed by atoms with E-state index >= 15 is 0 Å². The summed E-state index contributed by atoms with van der Waals surface area (Å²) >= 11 is 0. The lowest BCUT2D eigenvalue weighted by Crippen LogP contribution is -2.07. The van der Waals surface area contributed by atoms with E-state index in [2.05, 4.69) is 4.98 Å². The van der Waals surface area contributed by atoms with E-state index in [1.165, 1.54) is 28.0 Å². The van der Waals surface area contributed by atoms with Crippen LogP contribution in [0.1, 0.15) is 40.0 Å². The number of carbonyl (C=O) groups excluding carboxylic acids is 1. The van der Waals surface area contributed by atoms with Gasteiger partial charge in [-0.2, -0.15) is 13.2 Å². The van der Waals surface area contributed by atoms with Crippen LogP contribution in [0.2, 0.25) is 0 Å². The number of hydrogen-bond acceptors (Lipinski definition) is 2. The van der Waals surface area contributed by atoms with E-state index in [4.69, 9.17) is 0 Å². The predicted molar refractivity (Wildman–Crippen MR) is 87.7 cm³/mol. The maximum Gasteiger partial charge on any atom is 0.417 e. The second-order valence-electron chi connectivity index (χ2n) is 6.30. The number of imidazole rings is 1. The van der Waals surface area contributed by atoms with Crippen molar-refractivity contribution in [3.05, 3.63) is 58.9 Å². The molecule has 0 spiro atoms. The Morgan fingerprint density at radius 3 is 2.52 bits per heavy atom. The van der Waals surface area contributed by atoms with Gasteiger partial charge in [-0.1, -0.05) is 12.1 Å². The summed E-state index contributed by atoms with van der Waals surface area (Å²) in [5.74, 6) is 0. The molecule has 0 fully saturated rings. The monoisotopic (exact) mass is 344 g/mol. The normalized spacial score (nSPS) is 14.5. The van der Waals surface area contributed by atoms with Crippen LogP contribution in [-0.2, 0) is 19.0 Å². The third-order valence-electron chi connectivity index (χ3n) is 4.72. The fourth-order valence-electron chi connectivity index (χ4n) is 3.44. The molecule has 6 heteroatoms. The minimum absolute atomic E-state index is 0.136. The summed E-state index contributed by atoms with van der Waals surface area (Å²) in [6, 6.07) is 8.20. The van der Waals surface area contributed by atoms with Gasteiger partial charge >= 0.3 is 6.18 Å². The number of nitrogens with zero attached hydrogens (tertiary/aromatic N) is 2. The summed E-state index contributed by atoms with van der Waals surface area (Å²) in [4.78, 5) is 16.0. The Hall–Kier alpha value is -2.63. The molecule has 1 aliphatic carbocycles. The maximum absolute atomic E-state index is 12.9. The number of pyridine rings is 1. The largest absolute Gasteiger partial charge is 0.417 e. The number of alkyl halides is 3. The van der Waals surface area contributed by atoms with Gasteiger partial charge in [-0.25, -0.2) is 4.98 Å². The van der Waals surface area contributed by atoms with E-state index < -0.39 is 11.7 Å². The van der Waals surface area contributed by atoms with E-state index in [0.717, 1.165) is 37.1 Å². The molecule has 0 bridgehead atoms. The molecule has 0 radical (unpaired) electrons. The van der Waals surface area contributed by atoms with E-state index in [1.807, 2.05) is 18.2 Å². The number of fused-ring (bicyclic) bond motifs is 2. The molecule has 1 aromatic carbocycles. The molecule has 0 saturated heterocycles. The van der Waals surface area contributed by atoms with E-state index in [-0.39, 0.29) is 5.69 Å². The molecule has 0 atom stereocenters. The van der Waals surface area contributed by atoms with Crippen LogP contribution in [0.3, 0.4) is 0 Å². The lowest BCUT2D eigenvalue weighted by atomic mass is 9.90. The standard InChI is InChI=1S/C19H15F3N2O/c20-19(21,22)15-7-8-17-23-18(16(11-25)24(17)10-15)14-6-5-12-3-1-2-4-13(12)9-14/h5-11H,1-4H2. The fourth-order valence-corrected chi connectivity index (χ4v) is 3.44. The quantitative estimate of drug-likeness (QED) is 0.631. The predicted octanol–water partition coefficient (Wildman–Crippen LogP) is 4.71. The molecular formula is C19H15F3N2O. The second kappa shape index (κ2) is 5.72. The average molecular weight is 344 g/mol. The highest BCUT2D eigenvalue weighted by atomic mass is 19.4. The van der Waals surface area contributed by atoms with Gasteiger partial charge in [-0.15, -0.1) is 0 Å². The Kier molecular flexibility index (Phi) is 3.63. The first kappa shape index (κ1) is 15.9. The molecule has 0 unspecified atom stereocenters. The number of halogens is 3. The molecule has 4 rings (SSSR count). The summed E-state index contributed by atoms with van der Waals surface area (Å²) < 4.78 is 40.1. The molecule has 0 saturated carbocycles. The zero-order chi connectivity index (χ0) is 17.6. The highest BCUT2D eigenvalue weighted by Gasteiger charge is 2.31. The number of aromatic nitrogens is 2. The zero-order valence-corrected chi connectivity index (χ0v) is 13.3. The lowest BCUT2D eigenvalue weighted by Gasteiger charge is -2.16. The minimum atomic E-state index is -4.47. The number of benzene rings is 1. The van der Waals surface area contributed by atoms with Crippen molar-refractivity contribution in [3.8, 4) is 11.3 Å². The summed E-state index contributed by atoms with van der Waals surface area (Å²) in [7, 11) is 0. The van der Waals surface area contributed by atoms with Gasteiger partial charge in [0.2, 0.25) is 0 Å². The lowest BCUT2D eigenvalue weighted by molar-refractivity contribution is -0.137. The van der Waals surface area contributed by atoms with Crippen molar-refractivity contribution < 1.29 is 18.0 Å². The fraction of sp³-hybridized carbons (Fsp3) is 0.263. The van der Waals surface area contributed by atoms with Gasteiger partial charge in [-0.05, 0) is 55.0 Å². The molecular weight excluding hydrogens is 329 g/mol. The average Bonchev–Trinajstić information content (AvgIpc) is 2.98. The van der Waals surface area contributed by atoms with E-state index in [1.54, 1.807) is 0 Å². The smallest absolute Gasteiger partial charge is 0.296 e. The van der Waals surface area contributed by atoms with Crippen LogP contribution >= 0.6 is 0 Å². The zero-order valence-electron chi connectivity index (χ0n) is 13.3. The van der Waals surface area contributed by atoms with Crippen LogP contribution in [-0.4, -0.2) is 15.7 Å². The van der Waals surface area contributed by atoms with Crippen LogP contribution in [0.25, 0.3) is 16.9 Å². The summed E-state index contributed by atoms with van der Waals surface area (Å²) in [6.07, 6.45) is 1.33. The summed E-state index contributed by atoms with van der Waals surface area (Å²) in [5.41, 5.74) is 3.36. The molecule has 0 aliphatic heterocycles. The van der Waals surface area contributed by atoms with Gasteiger partial charge in [0.1, 0.15) is 17.0 Å². The Balaban J connectivity index is 1.89. The highest BCUT2D eigenvalue weighted by Crippen LogP contribution is 2.32. The van der Waals surface area contributed by atoms with Crippen molar-refractivity contribution in [1.82, 2.24) is 9.38 Å². The van der Waals surface area contributed by atoms with Crippen LogP contribution in [0, 0.1) is 0 Å². The van der Waals surface area contributed by atoms with Crippen molar-refractivity contribution >= 4 is 11.9 Å². The molecule has 2 aromatic heterocycles. The van der Waals surface area contributed by atoms with Gasteiger partial charge in [-0.3, -0.25) is 9.20 Å². The number of aldehydes is 1. The molecule has 1 aliphatic rings. The van der Waals surface area contributed by atoms with Crippen LogP contribution in [0.15, 0.2) is 36.5 Å². The maximum atomic E-state index is 12.9. The highest BCUT2D eigenvalue weighted by molar-refractivity contribution is 5.86. The number of rotatable bonds is 2.